The molecule has 0 saturated heterocycles. The molecular formula is C20H15F3O. The van der Waals surface area contributed by atoms with E-state index in [2.05, 4.69) is 0 Å². The monoisotopic (exact) mass is 328 g/mol. The molecule has 0 atom stereocenters. The lowest BCUT2D eigenvalue weighted by atomic mass is 10.0. The molecule has 0 unspecified atom stereocenters. The standard InChI is InChI=1S/C20H15F3O/c1-13-5-8-16(11-18(13)22)15-9-6-14(7-10-15)12-24-19-4-2-3-17(21)20(19)23/h2-11H,12H2,1H3. The van der Waals surface area contributed by atoms with Crippen molar-refractivity contribution < 1.29 is 17.9 Å². The van der Waals surface area contributed by atoms with Gasteiger partial charge in [0.1, 0.15) is 12.4 Å². The summed E-state index contributed by atoms with van der Waals surface area (Å²) in [6.07, 6.45) is 0. The van der Waals surface area contributed by atoms with Gasteiger partial charge in [-0.25, -0.2) is 8.78 Å². The molecule has 3 aromatic rings. The van der Waals surface area contributed by atoms with Gasteiger partial charge in [0.25, 0.3) is 0 Å². The summed E-state index contributed by atoms with van der Waals surface area (Å²) in [5, 5.41) is 0. The highest BCUT2D eigenvalue weighted by Gasteiger charge is 2.09. The second-order valence-electron chi connectivity index (χ2n) is 5.50. The number of hydrogen-bond acceptors (Lipinski definition) is 1. The van der Waals surface area contributed by atoms with Gasteiger partial charge in [-0.2, -0.15) is 4.39 Å². The lowest BCUT2D eigenvalue weighted by Gasteiger charge is -2.09. The lowest BCUT2D eigenvalue weighted by Crippen LogP contribution is -1.98. The molecule has 0 amide bonds. The third-order valence-corrected chi connectivity index (χ3v) is 3.77. The van der Waals surface area contributed by atoms with Crippen molar-refractivity contribution in [1.29, 1.82) is 0 Å². The molecule has 0 N–H and O–H groups in total. The average molecular weight is 328 g/mol. The molecule has 4 heteroatoms. The minimum absolute atomic E-state index is 0.114. The van der Waals surface area contributed by atoms with Crippen LogP contribution >= 0.6 is 0 Å². The molecule has 24 heavy (non-hydrogen) atoms. The van der Waals surface area contributed by atoms with Crippen LogP contribution in [0.5, 0.6) is 5.75 Å². The van der Waals surface area contributed by atoms with Gasteiger partial charge in [-0.1, -0.05) is 42.5 Å². The maximum Gasteiger partial charge on any atom is 0.200 e. The van der Waals surface area contributed by atoms with Crippen LogP contribution in [0.4, 0.5) is 13.2 Å². The number of ether oxygens (including phenoxy) is 1. The first-order valence-corrected chi connectivity index (χ1v) is 7.47. The molecule has 3 rings (SSSR count). The highest BCUT2D eigenvalue weighted by atomic mass is 19.2. The summed E-state index contributed by atoms with van der Waals surface area (Å²) in [4.78, 5) is 0. The van der Waals surface area contributed by atoms with Crippen LogP contribution in [-0.4, -0.2) is 0 Å². The number of aryl methyl sites for hydroxylation is 1. The molecule has 1 nitrogen and oxygen atoms in total. The Morgan fingerprint density at radius 3 is 2.21 bits per heavy atom. The van der Waals surface area contributed by atoms with Crippen molar-refractivity contribution in [2.24, 2.45) is 0 Å². The van der Waals surface area contributed by atoms with Crippen LogP contribution in [-0.2, 0) is 6.61 Å². The fourth-order valence-corrected chi connectivity index (χ4v) is 2.32. The van der Waals surface area contributed by atoms with Crippen molar-refractivity contribution in [3.05, 3.63) is 89.2 Å². The Balaban J connectivity index is 1.72. The van der Waals surface area contributed by atoms with Gasteiger partial charge in [0.2, 0.25) is 5.82 Å². The Labute approximate surface area is 138 Å². The summed E-state index contributed by atoms with van der Waals surface area (Å²) < 4.78 is 45.6. The summed E-state index contributed by atoms with van der Waals surface area (Å²) in [5.74, 6) is -2.31. The second-order valence-corrected chi connectivity index (χ2v) is 5.50. The van der Waals surface area contributed by atoms with E-state index in [0.29, 0.717) is 5.56 Å². The Bertz CT molecular complexity index is 857. The van der Waals surface area contributed by atoms with Crippen LogP contribution < -0.4 is 4.74 Å². The van der Waals surface area contributed by atoms with Gasteiger partial charge < -0.3 is 4.74 Å². The number of benzene rings is 3. The topological polar surface area (TPSA) is 9.23 Å². The highest BCUT2D eigenvalue weighted by Crippen LogP contribution is 2.24. The van der Waals surface area contributed by atoms with E-state index in [-0.39, 0.29) is 18.2 Å². The van der Waals surface area contributed by atoms with E-state index in [4.69, 9.17) is 4.74 Å². The minimum Gasteiger partial charge on any atom is -0.486 e. The molecule has 0 heterocycles. The van der Waals surface area contributed by atoms with Crippen LogP contribution in [0.3, 0.4) is 0 Å². The third kappa shape index (κ3) is 3.43. The molecule has 0 aliphatic carbocycles. The van der Waals surface area contributed by atoms with Crippen molar-refractivity contribution in [2.75, 3.05) is 0 Å². The van der Waals surface area contributed by atoms with Gasteiger partial charge in [0.15, 0.2) is 11.6 Å². The molecule has 0 radical (unpaired) electrons. The van der Waals surface area contributed by atoms with Crippen LogP contribution in [0, 0.1) is 24.4 Å². The van der Waals surface area contributed by atoms with Gasteiger partial charge in [0, 0.05) is 0 Å². The summed E-state index contributed by atoms with van der Waals surface area (Å²) in [6, 6.07) is 16.2. The second kappa shape index (κ2) is 6.79. The fraction of sp³-hybridized carbons (Fsp3) is 0.100. The first kappa shape index (κ1) is 16.1. The van der Waals surface area contributed by atoms with E-state index in [0.717, 1.165) is 22.8 Å². The molecule has 0 aromatic heterocycles. The summed E-state index contributed by atoms with van der Waals surface area (Å²) in [6.45, 7) is 1.83. The van der Waals surface area contributed by atoms with Crippen LogP contribution in [0.1, 0.15) is 11.1 Å². The zero-order chi connectivity index (χ0) is 17.1. The summed E-state index contributed by atoms with van der Waals surface area (Å²) in [7, 11) is 0. The Hall–Kier alpha value is -2.75. The zero-order valence-corrected chi connectivity index (χ0v) is 13.0. The normalized spacial score (nSPS) is 10.7. The molecule has 3 aromatic carbocycles. The number of hydrogen-bond donors (Lipinski definition) is 0. The Kier molecular flexibility index (Phi) is 4.56. The van der Waals surface area contributed by atoms with E-state index < -0.39 is 11.6 Å². The molecular weight excluding hydrogens is 313 g/mol. The van der Waals surface area contributed by atoms with E-state index in [1.165, 1.54) is 18.2 Å². The molecule has 0 bridgehead atoms. The lowest BCUT2D eigenvalue weighted by molar-refractivity contribution is 0.284. The van der Waals surface area contributed by atoms with Gasteiger partial charge >= 0.3 is 0 Å². The molecule has 0 saturated carbocycles. The highest BCUT2D eigenvalue weighted by molar-refractivity contribution is 5.64. The van der Waals surface area contributed by atoms with Gasteiger partial charge in [0.05, 0.1) is 0 Å². The van der Waals surface area contributed by atoms with Crippen molar-refractivity contribution in [1.82, 2.24) is 0 Å². The van der Waals surface area contributed by atoms with Crippen LogP contribution in [0.15, 0.2) is 60.7 Å². The SMILES string of the molecule is Cc1ccc(-c2ccc(COc3cccc(F)c3F)cc2)cc1F. The molecule has 0 aliphatic heterocycles. The van der Waals surface area contributed by atoms with E-state index >= 15 is 0 Å². The van der Waals surface area contributed by atoms with E-state index in [9.17, 15) is 13.2 Å². The van der Waals surface area contributed by atoms with E-state index in [1.54, 1.807) is 13.0 Å². The first-order valence-electron chi connectivity index (χ1n) is 7.47. The molecule has 122 valence electrons. The largest absolute Gasteiger partial charge is 0.486 e. The Morgan fingerprint density at radius 2 is 1.50 bits per heavy atom. The average Bonchev–Trinajstić information content (AvgIpc) is 2.59. The summed E-state index contributed by atoms with van der Waals surface area (Å²) >= 11 is 0. The van der Waals surface area contributed by atoms with Crippen molar-refractivity contribution in [3.8, 4) is 16.9 Å². The number of halogens is 3. The van der Waals surface area contributed by atoms with E-state index in [1.807, 2.05) is 30.3 Å². The smallest absolute Gasteiger partial charge is 0.200 e. The van der Waals surface area contributed by atoms with Crippen LogP contribution in [0.25, 0.3) is 11.1 Å². The van der Waals surface area contributed by atoms with Crippen LogP contribution in [0.2, 0.25) is 0 Å². The van der Waals surface area contributed by atoms with Crippen molar-refractivity contribution in [3.63, 3.8) is 0 Å². The third-order valence-electron chi connectivity index (χ3n) is 3.77. The van der Waals surface area contributed by atoms with Crippen molar-refractivity contribution in [2.45, 2.75) is 13.5 Å². The van der Waals surface area contributed by atoms with Gasteiger partial charge in [-0.3, -0.25) is 0 Å². The minimum atomic E-state index is -0.996. The predicted octanol–water partition coefficient (Wildman–Crippen LogP) is 5.66. The fourth-order valence-electron chi connectivity index (χ4n) is 2.32. The molecule has 0 fully saturated rings. The quantitative estimate of drug-likeness (QED) is 0.600. The van der Waals surface area contributed by atoms with Gasteiger partial charge in [-0.05, 0) is 47.4 Å². The molecule has 0 aliphatic rings. The summed E-state index contributed by atoms with van der Waals surface area (Å²) in [5.41, 5.74) is 3.05. The van der Waals surface area contributed by atoms with Crippen molar-refractivity contribution >= 4 is 0 Å². The number of rotatable bonds is 4. The zero-order valence-electron chi connectivity index (χ0n) is 13.0. The maximum absolute atomic E-state index is 13.6. The predicted molar refractivity (Wildman–Crippen MR) is 87.3 cm³/mol. The molecule has 0 spiro atoms. The van der Waals surface area contributed by atoms with Gasteiger partial charge in [-0.15, -0.1) is 0 Å². The Morgan fingerprint density at radius 1 is 0.792 bits per heavy atom. The maximum atomic E-state index is 13.6. The first-order chi connectivity index (χ1) is 11.5.